The molecule has 0 radical (unpaired) electrons. The number of halogens is 1. The number of carboxylic acids is 1. The molecule has 108 valence electrons. The summed E-state index contributed by atoms with van der Waals surface area (Å²) in [5, 5.41) is 9.22. The van der Waals surface area contributed by atoms with E-state index in [0.717, 1.165) is 11.1 Å². The highest BCUT2D eigenvalue weighted by Gasteiger charge is 2.18. The van der Waals surface area contributed by atoms with Gasteiger partial charge in [0.25, 0.3) is 0 Å². The molecule has 0 unspecified atom stereocenters. The van der Waals surface area contributed by atoms with Crippen molar-refractivity contribution >= 4 is 23.5 Å². The fourth-order valence-electron chi connectivity index (χ4n) is 1.96. The summed E-state index contributed by atoms with van der Waals surface area (Å²) in [6.07, 6.45) is 0. The Kier molecular flexibility index (Phi) is 4.60. The number of carbonyl (C=O) groups excluding carboxylic acids is 1. The van der Waals surface area contributed by atoms with Crippen LogP contribution in [0.2, 0.25) is 0 Å². The van der Waals surface area contributed by atoms with E-state index in [-0.39, 0.29) is 11.3 Å². The molecule has 0 saturated carbocycles. The first-order valence-electron chi connectivity index (χ1n) is 6.23. The summed E-state index contributed by atoms with van der Waals surface area (Å²) < 4.78 is 5.10. The van der Waals surface area contributed by atoms with Gasteiger partial charge in [-0.2, -0.15) is 0 Å². The first-order valence-corrected chi connectivity index (χ1v) is 6.76. The van der Waals surface area contributed by atoms with E-state index in [0.29, 0.717) is 11.4 Å². The monoisotopic (exact) mass is 304 g/mol. The Morgan fingerprint density at radius 3 is 2.33 bits per heavy atom. The van der Waals surface area contributed by atoms with Gasteiger partial charge in [0, 0.05) is 18.4 Å². The van der Waals surface area contributed by atoms with E-state index >= 15 is 0 Å². The lowest BCUT2D eigenvalue weighted by Gasteiger charge is -2.12. The van der Waals surface area contributed by atoms with Crippen LogP contribution in [0.1, 0.15) is 22.8 Å². The fourth-order valence-corrected chi connectivity index (χ4v) is 2.14. The average Bonchev–Trinajstić information content (AvgIpc) is 2.47. The second-order valence-corrected chi connectivity index (χ2v) is 4.68. The Labute approximate surface area is 126 Å². The number of hydrogen-bond donors (Lipinski definition) is 1. The van der Waals surface area contributed by atoms with Crippen LogP contribution in [0.25, 0.3) is 11.1 Å². The largest absolute Gasteiger partial charge is 0.478 e. The minimum Gasteiger partial charge on any atom is -0.478 e. The number of rotatable bonds is 4. The number of carboxylic acid groups (broad SMARTS) is 1. The van der Waals surface area contributed by atoms with Crippen LogP contribution in [0.4, 0.5) is 0 Å². The van der Waals surface area contributed by atoms with Crippen LogP contribution in [-0.2, 0) is 10.7 Å². The average molecular weight is 305 g/mol. The van der Waals surface area contributed by atoms with E-state index < -0.39 is 11.9 Å². The van der Waals surface area contributed by atoms with Crippen molar-refractivity contribution in [2.45, 2.75) is 12.8 Å². The lowest BCUT2D eigenvalue weighted by molar-refractivity contribution is -0.131. The van der Waals surface area contributed by atoms with E-state index in [1.807, 2.05) is 24.3 Å². The molecule has 1 N–H and O–H groups in total. The van der Waals surface area contributed by atoms with Crippen molar-refractivity contribution in [3.05, 3.63) is 53.6 Å². The van der Waals surface area contributed by atoms with Gasteiger partial charge in [0.15, 0.2) is 5.75 Å². The molecule has 2 aromatic rings. The van der Waals surface area contributed by atoms with E-state index in [1.54, 1.807) is 12.1 Å². The zero-order chi connectivity index (χ0) is 15.4. The second-order valence-electron chi connectivity index (χ2n) is 4.41. The summed E-state index contributed by atoms with van der Waals surface area (Å²) in [5.41, 5.74) is 2.20. The van der Waals surface area contributed by atoms with E-state index in [1.165, 1.54) is 13.0 Å². The predicted molar refractivity (Wildman–Crippen MR) is 79.7 cm³/mol. The predicted octanol–water partition coefficient (Wildman–Crippen LogP) is 3.72. The Bertz CT molecular complexity index is 677. The van der Waals surface area contributed by atoms with Gasteiger partial charge in [-0.1, -0.05) is 36.4 Å². The Morgan fingerprint density at radius 2 is 1.81 bits per heavy atom. The molecule has 4 nitrogen and oxygen atoms in total. The molecular formula is C16H13ClO4. The van der Waals surface area contributed by atoms with Crippen molar-refractivity contribution in [1.82, 2.24) is 0 Å². The Hall–Kier alpha value is -2.33. The number of benzene rings is 2. The third-order valence-corrected chi connectivity index (χ3v) is 3.22. The molecule has 0 aliphatic heterocycles. The molecule has 0 bridgehead atoms. The van der Waals surface area contributed by atoms with Gasteiger partial charge in [0.1, 0.15) is 5.56 Å². The number of alkyl halides is 1. The minimum atomic E-state index is -1.15. The van der Waals surface area contributed by atoms with Gasteiger partial charge in [0.05, 0.1) is 0 Å². The fraction of sp³-hybridized carbons (Fsp3) is 0.125. The third kappa shape index (κ3) is 3.41. The number of esters is 1. The van der Waals surface area contributed by atoms with Gasteiger partial charge in [-0.05, 0) is 17.2 Å². The maximum Gasteiger partial charge on any atom is 0.339 e. The molecule has 0 spiro atoms. The zero-order valence-electron chi connectivity index (χ0n) is 11.3. The number of hydrogen-bond acceptors (Lipinski definition) is 3. The van der Waals surface area contributed by atoms with Crippen molar-refractivity contribution in [3.63, 3.8) is 0 Å². The van der Waals surface area contributed by atoms with Crippen LogP contribution in [0, 0.1) is 0 Å². The minimum absolute atomic E-state index is 0.0517. The highest BCUT2D eigenvalue weighted by atomic mass is 35.5. The summed E-state index contributed by atoms with van der Waals surface area (Å²) in [7, 11) is 0. The Morgan fingerprint density at radius 1 is 1.14 bits per heavy atom. The van der Waals surface area contributed by atoms with Gasteiger partial charge in [0.2, 0.25) is 0 Å². The molecule has 2 aromatic carbocycles. The highest BCUT2D eigenvalue weighted by molar-refractivity contribution is 6.17. The normalized spacial score (nSPS) is 10.2. The maximum atomic E-state index is 11.3. The van der Waals surface area contributed by atoms with Crippen LogP contribution in [-0.4, -0.2) is 17.0 Å². The molecular weight excluding hydrogens is 292 g/mol. The first-order chi connectivity index (χ1) is 10.0. The third-order valence-electron chi connectivity index (χ3n) is 2.91. The smallest absolute Gasteiger partial charge is 0.339 e. The standard InChI is InChI=1S/C16H13ClO4/c1-10(18)21-15-13(3-2-4-14(15)16(19)20)12-7-5-11(9-17)6-8-12/h2-8H,9H2,1H3,(H,19,20). The van der Waals surface area contributed by atoms with E-state index in [4.69, 9.17) is 16.3 Å². The molecule has 2 rings (SSSR count). The zero-order valence-corrected chi connectivity index (χ0v) is 12.1. The molecule has 5 heteroatoms. The lowest BCUT2D eigenvalue weighted by atomic mass is 10.0. The van der Waals surface area contributed by atoms with E-state index in [2.05, 4.69) is 0 Å². The van der Waals surface area contributed by atoms with Crippen LogP contribution in [0.5, 0.6) is 5.75 Å². The van der Waals surface area contributed by atoms with Gasteiger partial charge in [-0.25, -0.2) is 4.79 Å². The lowest BCUT2D eigenvalue weighted by Crippen LogP contribution is -2.08. The van der Waals surface area contributed by atoms with Gasteiger partial charge in [-0.15, -0.1) is 11.6 Å². The molecule has 21 heavy (non-hydrogen) atoms. The summed E-state index contributed by atoms with van der Waals surface area (Å²) in [6.45, 7) is 1.24. The van der Waals surface area contributed by atoms with Crippen molar-refractivity contribution < 1.29 is 19.4 Å². The number of ether oxygens (including phenoxy) is 1. The molecule has 0 heterocycles. The van der Waals surface area contributed by atoms with Gasteiger partial charge < -0.3 is 9.84 Å². The molecule has 0 atom stereocenters. The summed E-state index contributed by atoms with van der Waals surface area (Å²) in [6, 6.07) is 12.0. The molecule has 0 aliphatic rings. The molecule has 0 fully saturated rings. The second kappa shape index (κ2) is 6.41. The number of aromatic carboxylic acids is 1. The first kappa shape index (κ1) is 15.1. The topological polar surface area (TPSA) is 63.6 Å². The Balaban J connectivity index is 2.57. The summed E-state index contributed by atoms with van der Waals surface area (Å²) in [4.78, 5) is 22.5. The molecule has 0 amide bonds. The van der Waals surface area contributed by atoms with Crippen molar-refractivity contribution in [2.75, 3.05) is 0 Å². The van der Waals surface area contributed by atoms with Crippen molar-refractivity contribution in [2.24, 2.45) is 0 Å². The SMILES string of the molecule is CC(=O)Oc1c(C(=O)O)cccc1-c1ccc(CCl)cc1. The van der Waals surface area contributed by atoms with E-state index in [9.17, 15) is 14.7 Å². The maximum absolute atomic E-state index is 11.3. The van der Waals surface area contributed by atoms with Crippen LogP contribution in [0.15, 0.2) is 42.5 Å². The number of carbonyl (C=O) groups is 2. The van der Waals surface area contributed by atoms with Gasteiger partial charge >= 0.3 is 11.9 Å². The van der Waals surface area contributed by atoms with Crippen LogP contribution >= 0.6 is 11.6 Å². The molecule has 0 aliphatic carbocycles. The molecule has 0 saturated heterocycles. The van der Waals surface area contributed by atoms with Crippen molar-refractivity contribution in [3.8, 4) is 16.9 Å². The van der Waals surface area contributed by atoms with Crippen LogP contribution < -0.4 is 4.74 Å². The summed E-state index contributed by atoms with van der Waals surface area (Å²) >= 11 is 5.75. The molecule has 0 aromatic heterocycles. The van der Waals surface area contributed by atoms with Gasteiger partial charge in [-0.3, -0.25) is 4.79 Å². The van der Waals surface area contributed by atoms with Crippen LogP contribution in [0.3, 0.4) is 0 Å². The quantitative estimate of drug-likeness (QED) is 0.531. The number of para-hydroxylation sites is 1. The highest BCUT2D eigenvalue weighted by Crippen LogP contribution is 2.33. The summed E-state index contributed by atoms with van der Waals surface area (Å²) in [5.74, 6) is -1.27. The van der Waals surface area contributed by atoms with Crippen molar-refractivity contribution in [1.29, 1.82) is 0 Å².